The molecule has 19 heavy (non-hydrogen) atoms. The van der Waals surface area contributed by atoms with Gasteiger partial charge in [0.15, 0.2) is 0 Å². The minimum atomic E-state index is -0.113. The maximum atomic E-state index is 5.80. The third-order valence-electron chi connectivity index (χ3n) is 3.16. The van der Waals surface area contributed by atoms with E-state index in [4.69, 9.17) is 20.1 Å². The highest BCUT2D eigenvalue weighted by atomic mass is 32.2. The molecule has 1 fully saturated rings. The number of thioether (sulfide) groups is 1. The summed E-state index contributed by atoms with van der Waals surface area (Å²) in [5.41, 5.74) is 3.80. The predicted molar refractivity (Wildman–Crippen MR) is 76.7 cm³/mol. The van der Waals surface area contributed by atoms with Crippen molar-refractivity contribution in [2.45, 2.75) is 12.1 Å². The summed E-state index contributed by atoms with van der Waals surface area (Å²) >= 11 is 1.87. The predicted octanol–water partition coefficient (Wildman–Crippen LogP) is 1.34. The Morgan fingerprint density at radius 3 is 2.84 bits per heavy atom. The molecule has 1 heterocycles. The average Bonchev–Trinajstić information content (AvgIpc) is 2.49. The van der Waals surface area contributed by atoms with Crippen LogP contribution in [0.2, 0.25) is 0 Å². The number of benzene rings is 1. The van der Waals surface area contributed by atoms with Crippen molar-refractivity contribution < 1.29 is 14.2 Å². The first-order valence-electron chi connectivity index (χ1n) is 6.17. The summed E-state index contributed by atoms with van der Waals surface area (Å²) in [6.45, 7) is 0.750. The largest absolute Gasteiger partial charge is 0.497 e. The Morgan fingerprint density at radius 2 is 2.26 bits per heavy atom. The molecular weight excluding hydrogens is 264 g/mol. The summed E-state index contributed by atoms with van der Waals surface area (Å²) < 4.78 is 16.5. The Bertz CT molecular complexity index is 411. The van der Waals surface area contributed by atoms with Crippen LogP contribution in [0.5, 0.6) is 11.5 Å². The summed E-state index contributed by atoms with van der Waals surface area (Å²) in [5.74, 6) is 9.22. The summed E-state index contributed by atoms with van der Waals surface area (Å²) in [7, 11) is 3.29. The van der Waals surface area contributed by atoms with Crippen molar-refractivity contribution in [2.24, 2.45) is 5.84 Å². The average molecular weight is 284 g/mol. The zero-order chi connectivity index (χ0) is 13.7. The second kappa shape index (κ2) is 7.00. The first-order chi connectivity index (χ1) is 9.30. The van der Waals surface area contributed by atoms with Gasteiger partial charge >= 0.3 is 0 Å². The van der Waals surface area contributed by atoms with Gasteiger partial charge in [0.05, 0.1) is 33.0 Å². The number of hydrogen-bond donors (Lipinski definition) is 2. The van der Waals surface area contributed by atoms with E-state index in [-0.39, 0.29) is 12.1 Å². The lowest BCUT2D eigenvalue weighted by molar-refractivity contribution is 0.0461. The molecule has 0 saturated carbocycles. The first-order valence-corrected chi connectivity index (χ1v) is 7.33. The van der Waals surface area contributed by atoms with E-state index in [1.54, 1.807) is 14.2 Å². The van der Waals surface area contributed by atoms with Gasteiger partial charge in [-0.05, 0) is 18.2 Å². The quantitative estimate of drug-likeness (QED) is 0.628. The Balaban J connectivity index is 2.29. The van der Waals surface area contributed by atoms with Crippen molar-refractivity contribution in [3.8, 4) is 11.5 Å². The van der Waals surface area contributed by atoms with Crippen LogP contribution in [0.15, 0.2) is 18.2 Å². The van der Waals surface area contributed by atoms with Gasteiger partial charge in [0.1, 0.15) is 11.5 Å². The van der Waals surface area contributed by atoms with Crippen LogP contribution in [0.1, 0.15) is 11.6 Å². The number of rotatable bonds is 5. The molecule has 5 nitrogen and oxygen atoms in total. The third-order valence-corrected chi connectivity index (χ3v) is 4.18. The molecule has 0 bridgehead atoms. The molecule has 1 aromatic rings. The van der Waals surface area contributed by atoms with Crippen molar-refractivity contribution in [2.75, 3.05) is 32.3 Å². The second-order valence-corrected chi connectivity index (χ2v) is 5.39. The fourth-order valence-corrected chi connectivity index (χ4v) is 3.08. The smallest absolute Gasteiger partial charge is 0.124 e. The summed E-state index contributed by atoms with van der Waals surface area (Å²) in [6.07, 6.45) is 0.0322. The topological polar surface area (TPSA) is 65.7 Å². The Hall–Kier alpha value is -0.950. The molecule has 0 spiro atoms. The van der Waals surface area contributed by atoms with Gasteiger partial charge in [-0.25, -0.2) is 0 Å². The summed E-state index contributed by atoms with van der Waals surface area (Å²) in [4.78, 5) is 0. The van der Waals surface area contributed by atoms with Gasteiger partial charge in [0, 0.05) is 17.1 Å². The number of nitrogens with two attached hydrogens (primary N) is 1. The fraction of sp³-hybridized carbons (Fsp3) is 0.538. The van der Waals surface area contributed by atoms with Crippen LogP contribution in [0.4, 0.5) is 0 Å². The zero-order valence-electron chi connectivity index (χ0n) is 11.2. The van der Waals surface area contributed by atoms with Crippen molar-refractivity contribution in [3.63, 3.8) is 0 Å². The molecule has 6 heteroatoms. The number of nitrogens with one attached hydrogen (secondary N) is 1. The van der Waals surface area contributed by atoms with Crippen LogP contribution < -0.4 is 20.7 Å². The number of hydrazine groups is 1. The van der Waals surface area contributed by atoms with Gasteiger partial charge in [-0.2, -0.15) is 11.8 Å². The molecule has 1 saturated heterocycles. The molecule has 1 aliphatic rings. The highest BCUT2D eigenvalue weighted by molar-refractivity contribution is 7.99. The summed E-state index contributed by atoms with van der Waals surface area (Å²) in [6, 6.07) is 5.57. The molecule has 0 amide bonds. The highest BCUT2D eigenvalue weighted by Crippen LogP contribution is 2.33. The van der Waals surface area contributed by atoms with E-state index in [1.807, 2.05) is 30.0 Å². The Morgan fingerprint density at radius 1 is 1.42 bits per heavy atom. The maximum Gasteiger partial charge on any atom is 0.124 e. The molecule has 106 valence electrons. The lowest BCUT2D eigenvalue weighted by atomic mass is 10.0. The zero-order valence-corrected chi connectivity index (χ0v) is 12.0. The molecule has 3 N–H and O–H groups in total. The minimum Gasteiger partial charge on any atom is -0.497 e. The maximum absolute atomic E-state index is 5.80. The lowest BCUT2D eigenvalue weighted by Gasteiger charge is -2.30. The van der Waals surface area contributed by atoms with Crippen molar-refractivity contribution in [1.29, 1.82) is 0 Å². The van der Waals surface area contributed by atoms with E-state index < -0.39 is 0 Å². The second-order valence-electron chi connectivity index (χ2n) is 4.24. The van der Waals surface area contributed by atoms with Gasteiger partial charge < -0.3 is 14.2 Å². The Labute approximate surface area is 117 Å². The van der Waals surface area contributed by atoms with E-state index in [9.17, 15) is 0 Å². The van der Waals surface area contributed by atoms with Crippen LogP contribution in [0.3, 0.4) is 0 Å². The molecule has 0 aliphatic carbocycles. The molecular formula is C13H20N2O3S. The van der Waals surface area contributed by atoms with Crippen LogP contribution in [-0.2, 0) is 4.74 Å². The summed E-state index contributed by atoms with van der Waals surface area (Å²) in [5, 5.41) is 0. The van der Waals surface area contributed by atoms with Crippen LogP contribution >= 0.6 is 11.8 Å². The van der Waals surface area contributed by atoms with E-state index in [0.29, 0.717) is 0 Å². The normalized spacial score (nSPS) is 20.9. The molecule has 0 radical (unpaired) electrons. The molecule has 2 unspecified atom stereocenters. The molecule has 0 aromatic heterocycles. The van der Waals surface area contributed by atoms with Crippen molar-refractivity contribution >= 4 is 11.8 Å². The SMILES string of the molecule is COc1ccc(OC)c(C(NN)C2CSCCO2)c1. The van der Waals surface area contributed by atoms with Crippen LogP contribution in [0.25, 0.3) is 0 Å². The van der Waals surface area contributed by atoms with E-state index in [1.165, 1.54) is 0 Å². The Kier molecular flexibility index (Phi) is 5.33. The van der Waals surface area contributed by atoms with E-state index in [0.717, 1.165) is 35.2 Å². The molecule has 2 atom stereocenters. The van der Waals surface area contributed by atoms with Crippen molar-refractivity contribution in [3.05, 3.63) is 23.8 Å². The molecule has 2 rings (SSSR count). The standard InChI is InChI=1S/C13H20N2O3S/c1-16-9-3-4-11(17-2)10(7-9)13(15-14)12-8-19-6-5-18-12/h3-4,7,12-13,15H,5-6,8,14H2,1-2H3. The van der Waals surface area contributed by atoms with Gasteiger partial charge in [-0.3, -0.25) is 11.3 Å². The highest BCUT2D eigenvalue weighted by Gasteiger charge is 2.28. The number of ether oxygens (including phenoxy) is 3. The van der Waals surface area contributed by atoms with E-state index >= 15 is 0 Å². The molecule has 1 aromatic carbocycles. The van der Waals surface area contributed by atoms with Crippen molar-refractivity contribution in [1.82, 2.24) is 5.43 Å². The monoisotopic (exact) mass is 284 g/mol. The van der Waals surface area contributed by atoms with Gasteiger partial charge in [0.25, 0.3) is 0 Å². The lowest BCUT2D eigenvalue weighted by Crippen LogP contribution is -2.41. The van der Waals surface area contributed by atoms with Gasteiger partial charge in [0.2, 0.25) is 0 Å². The van der Waals surface area contributed by atoms with Gasteiger partial charge in [-0.15, -0.1) is 0 Å². The number of hydrogen-bond acceptors (Lipinski definition) is 6. The van der Waals surface area contributed by atoms with Crippen LogP contribution in [0, 0.1) is 0 Å². The van der Waals surface area contributed by atoms with Crippen LogP contribution in [-0.4, -0.2) is 38.4 Å². The third kappa shape index (κ3) is 3.33. The van der Waals surface area contributed by atoms with E-state index in [2.05, 4.69) is 5.43 Å². The molecule has 1 aliphatic heterocycles. The fourth-order valence-electron chi connectivity index (χ4n) is 2.18. The first kappa shape index (κ1) is 14.5. The minimum absolute atomic E-state index is 0.0322. The van der Waals surface area contributed by atoms with Gasteiger partial charge in [-0.1, -0.05) is 0 Å². The number of methoxy groups -OCH3 is 2.